The molecule has 1 aromatic carbocycles. The molecule has 2 rings (SSSR count). The number of ether oxygens (including phenoxy) is 1. The summed E-state index contributed by atoms with van der Waals surface area (Å²) in [4.78, 5) is 4.07. The van der Waals surface area contributed by atoms with Gasteiger partial charge >= 0.3 is 6.61 Å². The van der Waals surface area contributed by atoms with E-state index in [1.807, 2.05) is 13.8 Å². The van der Waals surface area contributed by atoms with Crippen LogP contribution in [0.4, 0.5) is 8.78 Å². The van der Waals surface area contributed by atoms with Gasteiger partial charge < -0.3 is 14.5 Å². The Bertz CT molecular complexity index is 558. The van der Waals surface area contributed by atoms with E-state index in [0.717, 1.165) is 5.76 Å². The standard InChI is InChI=1S/C14H16F2N2O2/c1-9-7-18-13(19-9)8-17-10(2)11-5-3-4-6-12(11)20-14(15)16/h3-7,10,14,17H,8H2,1-2H3. The molecule has 1 unspecified atom stereocenters. The molecule has 0 fully saturated rings. The van der Waals surface area contributed by atoms with Crippen molar-refractivity contribution in [2.24, 2.45) is 0 Å². The van der Waals surface area contributed by atoms with Gasteiger partial charge in [-0.15, -0.1) is 0 Å². The van der Waals surface area contributed by atoms with Gasteiger partial charge in [-0.25, -0.2) is 4.98 Å². The van der Waals surface area contributed by atoms with E-state index in [9.17, 15) is 8.78 Å². The first kappa shape index (κ1) is 14.5. The van der Waals surface area contributed by atoms with Crippen LogP contribution in [0.1, 0.15) is 30.2 Å². The van der Waals surface area contributed by atoms with E-state index in [1.54, 1.807) is 24.4 Å². The number of alkyl halides is 2. The van der Waals surface area contributed by atoms with Gasteiger partial charge in [0, 0.05) is 11.6 Å². The van der Waals surface area contributed by atoms with Crippen LogP contribution in [0.3, 0.4) is 0 Å². The average Bonchev–Trinajstić information content (AvgIpc) is 2.82. The van der Waals surface area contributed by atoms with E-state index in [2.05, 4.69) is 15.0 Å². The number of benzene rings is 1. The molecule has 0 saturated heterocycles. The number of nitrogens with one attached hydrogen (secondary N) is 1. The number of oxazole rings is 1. The molecule has 1 heterocycles. The second-order valence-corrected chi connectivity index (χ2v) is 4.38. The van der Waals surface area contributed by atoms with E-state index < -0.39 is 6.61 Å². The van der Waals surface area contributed by atoms with Crippen LogP contribution < -0.4 is 10.1 Å². The van der Waals surface area contributed by atoms with E-state index in [1.165, 1.54) is 6.07 Å². The van der Waals surface area contributed by atoms with Crippen LogP contribution in [0, 0.1) is 6.92 Å². The van der Waals surface area contributed by atoms with Gasteiger partial charge in [-0.2, -0.15) is 8.78 Å². The molecule has 0 spiro atoms. The Hall–Kier alpha value is -1.95. The van der Waals surface area contributed by atoms with Crippen LogP contribution in [0.25, 0.3) is 0 Å². The number of aromatic nitrogens is 1. The predicted molar refractivity (Wildman–Crippen MR) is 69.6 cm³/mol. The highest BCUT2D eigenvalue weighted by atomic mass is 19.3. The Morgan fingerprint density at radius 1 is 1.35 bits per heavy atom. The summed E-state index contributed by atoms with van der Waals surface area (Å²) in [5, 5.41) is 3.16. The van der Waals surface area contributed by atoms with Crippen molar-refractivity contribution in [2.75, 3.05) is 0 Å². The number of hydrogen-bond donors (Lipinski definition) is 1. The first-order valence-electron chi connectivity index (χ1n) is 6.24. The first-order valence-corrected chi connectivity index (χ1v) is 6.24. The van der Waals surface area contributed by atoms with Gasteiger partial charge in [0.1, 0.15) is 11.5 Å². The number of nitrogens with zero attached hydrogens (tertiary/aromatic N) is 1. The smallest absolute Gasteiger partial charge is 0.387 e. The highest BCUT2D eigenvalue weighted by Crippen LogP contribution is 2.26. The molecule has 108 valence electrons. The van der Waals surface area contributed by atoms with Gasteiger partial charge in [0.15, 0.2) is 0 Å². The summed E-state index contributed by atoms with van der Waals surface area (Å²) in [7, 11) is 0. The fraction of sp³-hybridized carbons (Fsp3) is 0.357. The summed E-state index contributed by atoms with van der Waals surface area (Å²) < 4.78 is 34.5. The average molecular weight is 282 g/mol. The van der Waals surface area contributed by atoms with E-state index >= 15 is 0 Å². The van der Waals surface area contributed by atoms with Gasteiger partial charge in [-0.1, -0.05) is 18.2 Å². The number of halogens is 2. The molecule has 0 saturated carbocycles. The Morgan fingerprint density at radius 2 is 2.10 bits per heavy atom. The third kappa shape index (κ3) is 3.77. The van der Waals surface area contributed by atoms with Crippen LogP contribution in [-0.2, 0) is 6.54 Å². The molecule has 0 bridgehead atoms. The van der Waals surface area contributed by atoms with Gasteiger partial charge in [-0.3, -0.25) is 0 Å². The highest BCUT2D eigenvalue weighted by molar-refractivity contribution is 5.35. The largest absolute Gasteiger partial charge is 0.445 e. The SMILES string of the molecule is Cc1cnc(CNC(C)c2ccccc2OC(F)F)o1. The van der Waals surface area contributed by atoms with Crippen LogP contribution in [-0.4, -0.2) is 11.6 Å². The van der Waals surface area contributed by atoms with Crippen LogP contribution in [0.15, 0.2) is 34.9 Å². The second-order valence-electron chi connectivity index (χ2n) is 4.38. The zero-order valence-electron chi connectivity index (χ0n) is 11.3. The Labute approximate surface area is 115 Å². The summed E-state index contributed by atoms with van der Waals surface area (Å²) in [5.74, 6) is 1.46. The van der Waals surface area contributed by atoms with Crippen LogP contribution in [0.2, 0.25) is 0 Å². The Kier molecular flexibility index (Phi) is 4.68. The molecule has 1 aromatic heterocycles. The molecule has 0 aliphatic rings. The van der Waals surface area contributed by atoms with Crippen molar-refractivity contribution in [1.29, 1.82) is 0 Å². The molecule has 6 heteroatoms. The monoisotopic (exact) mass is 282 g/mol. The Balaban J connectivity index is 2.03. The summed E-state index contributed by atoms with van der Waals surface area (Å²) in [5.41, 5.74) is 0.663. The number of para-hydroxylation sites is 1. The lowest BCUT2D eigenvalue weighted by molar-refractivity contribution is -0.0506. The maximum atomic E-state index is 12.3. The minimum atomic E-state index is -2.84. The van der Waals surface area contributed by atoms with Gasteiger partial charge in [0.25, 0.3) is 0 Å². The number of aryl methyl sites for hydroxylation is 1. The van der Waals surface area contributed by atoms with E-state index in [4.69, 9.17) is 4.42 Å². The molecule has 2 aromatic rings. The molecular weight excluding hydrogens is 266 g/mol. The maximum Gasteiger partial charge on any atom is 0.387 e. The van der Waals surface area contributed by atoms with E-state index in [0.29, 0.717) is 18.0 Å². The molecule has 0 radical (unpaired) electrons. The summed E-state index contributed by atoms with van der Waals surface area (Å²) in [6.45, 7) is 1.26. The Morgan fingerprint density at radius 3 is 2.75 bits per heavy atom. The van der Waals surface area contributed by atoms with Crippen LogP contribution >= 0.6 is 0 Å². The second kappa shape index (κ2) is 6.47. The fourth-order valence-electron chi connectivity index (χ4n) is 1.88. The molecule has 0 aliphatic carbocycles. The lowest BCUT2D eigenvalue weighted by atomic mass is 10.1. The molecule has 1 atom stereocenters. The molecule has 20 heavy (non-hydrogen) atoms. The molecule has 0 amide bonds. The third-order valence-corrected chi connectivity index (χ3v) is 2.83. The van der Waals surface area contributed by atoms with Crippen molar-refractivity contribution in [3.05, 3.63) is 47.7 Å². The fourth-order valence-corrected chi connectivity index (χ4v) is 1.88. The van der Waals surface area contributed by atoms with Crippen molar-refractivity contribution >= 4 is 0 Å². The van der Waals surface area contributed by atoms with Gasteiger partial charge in [-0.05, 0) is 19.9 Å². The van der Waals surface area contributed by atoms with Crippen molar-refractivity contribution in [2.45, 2.75) is 33.0 Å². The minimum absolute atomic E-state index is 0.169. The van der Waals surface area contributed by atoms with Crippen molar-refractivity contribution in [3.63, 3.8) is 0 Å². The van der Waals surface area contributed by atoms with Crippen molar-refractivity contribution < 1.29 is 17.9 Å². The number of hydrogen-bond acceptors (Lipinski definition) is 4. The third-order valence-electron chi connectivity index (χ3n) is 2.83. The lowest BCUT2D eigenvalue weighted by Gasteiger charge is -2.17. The van der Waals surface area contributed by atoms with Crippen molar-refractivity contribution in [3.8, 4) is 5.75 Å². The predicted octanol–water partition coefficient (Wildman–Crippen LogP) is 3.44. The van der Waals surface area contributed by atoms with Gasteiger partial charge in [0.2, 0.25) is 5.89 Å². The zero-order valence-corrected chi connectivity index (χ0v) is 11.3. The molecular formula is C14H16F2N2O2. The van der Waals surface area contributed by atoms with E-state index in [-0.39, 0.29) is 11.8 Å². The summed E-state index contributed by atoms with van der Waals surface area (Å²) in [6, 6.07) is 6.54. The minimum Gasteiger partial charge on any atom is -0.445 e. The van der Waals surface area contributed by atoms with Gasteiger partial charge in [0.05, 0.1) is 12.7 Å². The maximum absolute atomic E-state index is 12.3. The lowest BCUT2D eigenvalue weighted by Crippen LogP contribution is -2.19. The zero-order chi connectivity index (χ0) is 14.5. The first-order chi connectivity index (χ1) is 9.56. The highest BCUT2D eigenvalue weighted by Gasteiger charge is 2.14. The summed E-state index contributed by atoms with van der Waals surface area (Å²) in [6.07, 6.45) is 1.63. The number of rotatable bonds is 6. The topological polar surface area (TPSA) is 47.3 Å². The van der Waals surface area contributed by atoms with Crippen molar-refractivity contribution in [1.82, 2.24) is 10.3 Å². The molecule has 0 aliphatic heterocycles. The molecule has 1 N–H and O–H groups in total. The molecule has 4 nitrogen and oxygen atoms in total. The quantitative estimate of drug-likeness (QED) is 0.881. The summed E-state index contributed by atoms with van der Waals surface area (Å²) >= 11 is 0. The normalized spacial score (nSPS) is 12.7. The van der Waals surface area contributed by atoms with Crippen LogP contribution in [0.5, 0.6) is 5.75 Å².